The van der Waals surface area contributed by atoms with Crippen LogP contribution >= 0.6 is 12.4 Å². The van der Waals surface area contributed by atoms with Crippen LogP contribution in [-0.2, 0) is 14.8 Å². The Hall–Kier alpha value is -1.16. The van der Waals surface area contributed by atoms with E-state index in [-0.39, 0.29) is 35.7 Å². The molecule has 154 valence electrons. The van der Waals surface area contributed by atoms with Crippen molar-refractivity contribution in [2.75, 3.05) is 33.2 Å². The smallest absolute Gasteiger partial charge is 0.246 e. The number of carbonyl (C=O) groups excluding carboxylic acids is 1. The lowest BCUT2D eigenvalue weighted by atomic mass is 9.96. The number of nitrogens with one attached hydrogen (secondary N) is 2. The molecular formula is C17H30ClN5O3S. The summed E-state index contributed by atoms with van der Waals surface area (Å²) in [5.74, 6) is -0.155. The standard InChI is InChI=1S/C17H29N5O3S.ClH/c1-12-16(13(2)20-19-12)26(24,25)22-8-4-5-14(11-22)17(23)21-9-6-15(18-3)7-10-21;/h14-15,18H,4-11H2,1-3H3,(H,19,20);1H. The third kappa shape index (κ3) is 4.47. The fourth-order valence-corrected chi connectivity index (χ4v) is 5.91. The number of aromatic nitrogens is 2. The Balaban J connectivity index is 0.00000261. The van der Waals surface area contributed by atoms with Crippen molar-refractivity contribution < 1.29 is 13.2 Å². The molecule has 0 aliphatic carbocycles. The first-order chi connectivity index (χ1) is 12.3. The second-order valence-electron chi connectivity index (χ2n) is 7.35. The highest BCUT2D eigenvalue weighted by Crippen LogP contribution is 2.28. The van der Waals surface area contributed by atoms with Gasteiger partial charge in [0.2, 0.25) is 15.9 Å². The van der Waals surface area contributed by atoms with Gasteiger partial charge in [0.1, 0.15) is 4.90 Å². The minimum absolute atomic E-state index is 0. The molecule has 0 bridgehead atoms. The van der Waals surface area contributed by atoms with Gasteiger partial charge in [0.25, 0.3) is 0 Å². The summed E-state index contributed by atoms with van der Waals surface area (Å²) in [6.45, 7) is 5.61. The van der Waals surface area contributed by atoms with Gasteiger partial charge in [-0.3, -0.25) is 9.89 Å². The van der Waals surface area contributed by atoms with Gasteiger partial charge >= 0.3 is 0 Å². The molecule has 2 fully saturated rings. The monoisotopic (exact) mass is 419 g/mol. The van der Waals surface area contributed by atoms with E-state index in [0.29, 0.717) is 30.4 Å². The minimum Gasteiger partial charge on any atom is -0.342 e. The van der Waals surface area contributed by atoms with Crippen molar-refractivity contribution >= 4 is 28.3 Å². The lowest BCUT2D eigenvalue weighted by molar-refractivity contribution is -0.137. The number of nitrogens with zero attached hydrogens (tertiary/aromatic N) is 3. The molecule has 0 aromatic carbocycles. The van der Waals surface area contributed by atoms with Crippen molar-refractivity contribution in [2.24, 2.45) is 5.92 Å². The van der Waals surface area contributed by atoms with Crippen molar-refractivity contribution in [1.29, 1.82) is 0 Å². The van der Waals surface area contributed by atoms with E-state index in [9.17, 15) is 13.2 Å². The summed E-state index contributed by atoms with van der Waals surface area (Å²) in [6, 6.07) is 0.467. The number of aryl methyl sites for hydroxylation is 2. The zero-order valence-electron chi connectivity index (χ0n) is 16.2. The van der Waals surface area contributed by atoms with Crippen molar-refractivity contribution in [2.45, 2.75) is 50.5 Å². The average Bonchev–Trinajstić information content (AvgIpc) is 3.00. The Bertz CT molecular complexity index is 739. The fraction of sp³-hybridized carbons (Fsp3) is 0.765. The second-order valence-corrected chi connectivity index (χ2v) is 9.23. The number of amides is 1. The van der Waals surface area contributed by atoms with Crippen molar-refractivity contribution in [3.05, 3.63) is 11.4 Å². The Morgan fingerprint density at radius 2 is 1.85 bits per heavy atom. The van der Waals surface area contributed by atoms with E-state index in [4.69, 9.17) is 0 Å². The molecule has 2 aliphatic rings. The number of hydrogen-bond donors (Lipinski definition) is 2. The summed E-state index contributed by atoms with van der Waals surface area (Å²) in [6.07, 6.45) is 3.35. The average molecular weight is 420 g/mol. The van der Waals surface area contributed by atoms with E-state index in [1.165, 1.54) is 4.31 Å². The molecule has 0 saturated carbocycles. The lowest BCUT2D eigenvalue weighted by Gasteiger charge is -2.37. The van der Waals surface area contributed by atoms with Crippen LogP contribution in [0.3, 0.4) is 0 Å². The first-order valence-corrected chi connectivity index (χ1v) is 10.8. The van der Waals surface area contributed by atoms with E-state index >= 15 is 0 Å². The molecule has 2 saturated heterocycles. The highest BCUT2D eigenvalue weighted by molar-refractivity contribution is 7.89. The molecule has 1 atom stereocenters. The van der Waals surface area contributed by atoms with Crippen LogP contribution in [-0.4, -0.2) is 73.0 Å². The molecule has 3 rings (SSSR count). The van der Waals surface area contributed by atoms with Crippen LogP contribution in [0.1, 0.15) is 37.1 Å². The molecule has 2 N–H and O–H groups in total. The van der Waals surface area contributed by atoms with Crippen LogP contribution in [0.5, 0.6) is 0 Å². The Morgan fingerprint density at radius 3 is 2.41 bits per heavy atom. The second kappa shape index (κ2) is 8.89. The summed E-state index contributed by atoms with van der Waals surface area (Å²) < 4.78 is 27.6. The molecule has 3 heterocycles. The quantitative estimate of drug-likeness (QED) is 0.760. The number of sulfonamides is 1. The van der Waals surface area contributed by atoms with Crippen molar-refractivity contribution in [3.63, 3.8) is 0 Å². The summed E-state index contributed by atoms with van der Waals surface area (Å²) in [4.78, 5) is 15.1. The van der Waals surface area contributed by atoms with Crippen molar-refractivity contribution in [1.82, 2.24) is 24.7 Å². The minimum atomic E-state index is -3.63. The highest BCUT2D eigenvalue weighted by atomic mass is 35.5. The van der Waals surface area contributed by atoms with Gasteiger partial charge in [-0.05, 0) is 46.6 Å². The van der Waals surface area contributed by atoms with E-state index < -0.39 is 10.0 Å². The SMILES string of the molecule is CNC1CCN(C(=O)C2CCCN(S(=O)(=O)c3c(C)n[nH]c3C)C2)CC1.Cl. The van der Waals surface area contributed by atoms with Gasteiger partial charge in [0.15, 0.2) is 0 Å². The normalized spacial score (nSPS) is 22.5. The maximum Gasteiger partial charge on any atom is 0.246 e. The van der Waals surface area contributed by atoms with Crippen LogP contribution in [0.2, 0.25) is 0 Å². The number of piperidine rings is 2. The molecular weight excluding hydrogens is 390 g/mol. The Labute approximate surface area is 167 Å². The molecule has 2 aliphatic heterocycles. The predicted molar refractivity (Wildman–Crippen MR) is 105 cm³/mol. The van der Waals surface area contributed by atoms with E-state index in [1.54, 1.807) is 13.8 Å². The number of halogens is 1. The maximum atomic E-state index is 13.0. The first kappa shape index (κ1) is 22.1. The molecule has 1 aromatic heterocycles. The molecule has 27 heavy (non-hydrogen) atoms. The number of hydrogen-bond acceptors (Lipinski definition) is 5. The number of aromatic amines is 1. The van der Waals surface area contributed by atoms with E-state index in [2.05, 4.69) is 15.5 Å². The van der Waals surface area contributed by atoms with Crippen LogP contribution in [0.4, 0.5) is 0 Å². The first-order valence-electron chi connectivity index (χ1n) is 9.32. The zero-order chi connectivity index (χ0) is 18.9. The van der Waals surface area contributed by atoms with Gasteiger partial charge in [-0.1, -0.05) is 0 Å². The Kier molecular flexibility index (Phi) is 7.29. The Morgan fingerprint density at radius 1 is 1.19 bits per heavy atom. The maximum absolute atomic E-state index is 13.0. The van der Waals surface area contributed by atoms with Gasteiger partial charge in [-0.15, -0.1) is 12.4 Å². The summed E-state index contributed by atoms with van der Waals surface area (Å²) >= 11 is 0. The van der Waals surface area contributed by atoms with Gasteiger partial charge in [0.05, 0.1) is 17.3 Å². The lowest BCUT2D eigenvalue weighted by Crippen LogP contribution is -2.50. The zero-order valence-corrected chi connectivity index (χ0v) is 17.8. The van der Waals surface area contributed by atoms with Gasteiger partial charge in [-0.2, -0.15) is 9.40 Å². The largest absolute Gasteiger partial charge is 0.342 e. The fourth-order valence-electron chi connectivity index (χ4n) is 4.06. The summed E-state index contributed by atoms with van der Waals surface area (Å²) in [5, 5.41) is 10.0. The topological polar surface area (TPSA) is 98.4 Å². The van der Waals surface area contributed by atoms with Crippen LogP contribution in [0.25, 0.3) is 0 Å². The number of rotatable bonds is 4. The molecule has 0 spiro atoms. The van der Waals surface area contributed by atoms with Crippen molar-refractivity contribution in [3.8, 4) is 0 Å². The van der Waals surface area contributed by atoms with E-state index in [0.717, 1.165) is 32.4 Å². The van der Waals surface area contributed by atoms with Crippen LogP contribution < -0.4 is 5.32 Å². The molecule has 1 aromatic rings. The summed E-state index contributed by atoms with van der Waals surface area (Å²) in [5.41, 5.74) is 1.02. The molecule has 1 amide bonds. The highest BCUT2D eigenvalue weighted by Gasteiger charge is 2.37. The third-order valence-electron chi connectivity index (χ3n) is 5.61. The summed E-state index contributed by atoms with van der Waals surface area (Å²) in [7, 11) is -1.68. The van der Waals surface area contributed by atoms with Gasteiger partial charge < -0.3 is 10.2 Å². The number of carbonyl (C=O) groups is 1. The molecule has 1 unspecified atom stereocenters. The van der Waals surface area contributed by atoms with E-state index in [1.807, 2.05) is 11.9 Å². The van der Waals surface area contributed by atoms with Gasteiger partial charge in [-0.25, -0.2) is 8.42 Å². The number of likely N-dealkylation sites (tertiary alicyclic amines) is 1. The molecule has 8 nitrogen and oxygen atoms in total. The predicted octanol–water partition coefficient (Wildman–Crippen LogP) is 1.06. The molecule has 0 radical (unpaired) electrons. The van der Waals surface area contributed by atoms with Gasteiger partial charge in [0, 0.05) is 32.2 Å². The number of H-pyrrole nitrogens is 1. The van der Waals surface area contributed by atoms with Crippen LogP contribution in [0, 0.1) is 19.8 Å². The third-order valence-corrected chi connectivity index (χ3v) is 7.74. The van der Waals surface area contributed by atoms with Crippen LogP contribution in [0.15, 0.2) is 4.90 Å². The molecule has 10 heteroatoms.